The van der Waals surface area contributed by atoms with Crippen LogP contribution in [0.1, 0.15) is 26.7 Å². The van der Waals surface area contributed by atoms with E-state index in [4.69, 9.17) is 9.47 Å². The van der Waals surface area contributed by atoms with Gasteiger partial charge in [-0.1, -0.05) is 13.8 Å². The van der Waals surface area contributed by atoms with Gasteiger partial charge in [0.15, 0.2) is 0 Å². The first-order chi connectivity index (χ1) is 7.24. The molecule has 90 valence electrons. The van der Waals surface area contributed by atoms with Crippen molar-refractivity contribution in [3.05, 3.63) is 0 Å². The maximum atomic E-state index is 5.74. The lowest BCUT2D eigenvalue weighted by molar-refractivity contribution is -0.0336. The van der Waals surface area contributed by atoms with Crippen LogP contribution in [0.4, 0.5) is 0 Å². The number of methoxy groups -OCH3 is 1. The van der Waals surface area contributed by atoms with Gasteiger partial charge in [-0.3, -0.25) is 0 Å². The highest BCUT2D eigenvalue weighted by Gasteiger charge is 2.24. The van der Waals surface area contributed by atoms with Crippen molar-refractivity contribution in [2.75, 3.05) is 33.4 Å². The standard InChI is InChI=1S/C12H25NO2/c1-10(2)12-8-11(4-6-15-12)9-13-5-7-14-3/h10-13H,4-9H2,1-3H3. The Morgan fingerprint density at radius 1 is 1.47 bits per heavy atom. The van der Waals surface area contributed by atoms with Crippen LogP contribution in [0.2, 0.25) is 0 Å². The van der Waals surface area contributed by atoms with Gasteiger partial charge in [-0.15, -0.1) is 0 Å². The average Bonchev–Trinajstić information content (AvgIpc) is 2.25. The molecule has 0 aromatic carbocycles. The molecule has 0 bridgehead atoms. The SMILES string of the molecule is COCCNCC1CCOC(C(C)C)C1. The van der Waals surface area contributed by atoms with E-state index < -0.39 is 0 Å². The molecular formula is C12H25NO2. The molecule has 1 rings (SSSR count). The van der Waals surface area contributed by atoms with Gasteiger partial charge in [0, 0.05) is 20.3 Å². The fourth-order valence-corrected chi connectivity index (χ4v) is 2.03. The van der Waals surface area contributed by atoms with Gasteiger partial charge in [0.05, 0.1) is 12.7 Å². The van der Waals surface area contributed by atoms with Crippen molar-refractivity contribution in [1.29, 1.82) is 0 Å². The van der Waals surface area contributed by atoms with E-state index in [2.05, 4.69) is 19.2 Å². The molecule has 3 heteroatoms. The lowest BCUT2D eigenvalue weighted by atomic mass is 9.90. The molecule has 3 nitrogen and oxygen atoms in total. The molecule has 2 atom stereocenters. The van der Waals surface area contributed by atoms with E-state index in [0.717, 1.165) is 32.2 Å². The van der Waals surface area contributed by atoms with Crippen molar-refractivity contribution in [3.8, 4) is 0 Å². The summed E-state index contributed by atoms with van der Waals surface area (Å²) in [6.07, 6.45) is 2.87. The topological polar surface area (TPSA) is 30.5 Å². The summed E-state index contributed by atoms with van der Waals surface area (Å²) in [7, 11) is 1.74. The Balaban J connectivity index is 2.13. The van der Waals surface area contributed by atoms with E-state index in [1.54, 1.807) is 7.11 Å². The third kappa shape index (κ3) is 4.96. The van der Waals surface area contributed by atoms with Crippen LogP contribution in [-0.4, -0.2) is 39.5 Å². The van der Waals surface area contributed by atoms with E-state index in [1.807, 2.05) is 0 Å². The lowest BCUT2D eigenvalue weighted by Gasteiger charge is -2.32. The first kappa shape index (κ1) is 12.9. The highest BCUT2D eigenvalue weighted by Crippen LogP contribution is 2.24. The van der Waals surface area contributed by atoms with Gasteiger partial charge in [-0.05, 0) is 31.2 Å². The van der Waals surface area contributed by atoms with Crippen LogP contribution in [0.15, 0.2) is 0 Å². The van der Waals surface area contributed by atoms with Crippen LogP contribution >= 0.6 is 0 Å². The second-order valence-electron chi connectivity index (χ2n) is 4.74. The van der Waals surface area contributed by atoms with Gasteiger partial charge in [-0.25, -0.2) is 0 Å². The minimum Gasteiger partial charge on any atom is -0.383 e. The highest BCUT2D eigenvalue weighted by atomic mass is 16.5. The number of rotatable bonds is 6. The van der Waals surface area contributed by atoms with E-state index in [1.165, 1.54) is 12.8 Å². The van der Waals surface area contributed by atoms with Crippen LogP contribution in [0.3, 0.4) is 0 Å². The summed E-state index contributed by atoms with van der Waals surface area (Å²) < 4.78 is 10.7. The summed E-state index contributed by atoms with van der Waals surface area (Å²) in [6, 6.07) is 0. The van der Waals surface area contributed by atoms with Crippen LogP contribution in [-0.2, 0) is 9.47 Å². The summed E-state index contributed by atoms with van der Waals surface area (Å²) in [5, 5.41) is 3.43. The van der Waals surface area contributed by atoms with Crippen molar-refractivity contribution < 1.29 is 9.47 Å². The second kappa shape index (κ2) is 7.20. The smallest absolute Gasteiger partial charge is 0.0601 e. The molecule has 1 heterocycles. The van der Waals surface area contributed by atoms with Crippen molar-refractivity contribution in [1.82, 2.24) is 5.32 Å². The quantitative estimate of drug-likeness (QED) is 0.684. The van der Waals surface area contributed by atoms with E-state index in [9.17, 15) is 0 Å². The third-order valence-electron chi connectivity index (χ3n) is 3.08. The minimum atomic E-state index is 0.466. The van der Waals surface area contributed by atoms with Gasteiger partial charge in [0.2, 0.25) is 0 Å². The molecule has 0 amide bonds. The Morgan fingerprint density at radius 2 is 2.27 bits per heavy atom. The molecule has 0 radical (unpaired) electrons. The monoisotopic (exact) mass is 215 g/mol. The maximum Gasteiger partial charge on any atom is 0.0601 e. The molecule has 1 saturated heterocycles. The van der Waals surface area contributed by atoms with Crippen LogP contribution in [0.25, 0.3) is 0 Å². The van der Waals surface area contributed by atoms with Crippen molar-refractivity contribution in [2.45, 2.75) is 32.8 Å². The van der Waals surface area contributed by atoms with Crippen LogP contribution < -0.4 is 5.32 Å². The molecule has 0 aliphatic carbocycles. The number of hydrogen-bond donors (Lipinski definition) is 1. The fraction of sp³-hybridized carbons (Fsp3) is 1.00. The number of nitrogens with one attached hydrogen (secondary N) is 1. The zero-order chi connectivity index (χ0) is 11.1. The van der Waals surface area contributed by atoms with Crippen LogP contribution in [0, 0.1) is 11.8 Å². The molecule has 1 aliphatic heterocycles. The van der Waals surface area contributed by atoms with Crippen LogP contribution in [0.5, 0.6) is 0 Å². The second-order valence-corrected chi connectivity index (χ2v) is 4.74. The minimum absolute atomic E-state index is 0.466. The zero-order valence-electron chi connectivity index (χ0n) is 10.3. The Bertz CT molecular complexity index is 162. The molecule has 1 N–H and O–H groups in total. The van der Waals surface area contributed by atoms with E-state index in [0.29, 0.717) is 12.0 Å². The van der Waals surface area contributed by atoms with E-state index >= 15 is 0 Å². The Morgan fingerprint density at radius 3 is 2.93 bits per heavy atom. The van der Waals surface area contributed by atoms with Crippen molar-refractivity contribution in [2.24, 2.45) is 11.8 Å². The molecule has 0 aromatic rings. The van der Waals surface area contributed by atoms with E-state index in [-0.39, 0.29) is 0 Å². The molecule has 1 fully saturated rings. The Kier molecular flexibility index (Phi) is 6.22. The lowest BCUT2D eigenvalue weighted by Crippen LogP contribution is -2.35. The molecular weight excluding hydrogens is 190 g/mol. The summed E-state index contributed by atoms with van der Waals surface area (Å²) >= 11 is 0. The predicted octanol–water partition coefficient (Wildman–Crippen LogP) is 1.67. The summed E-state index contributed by atoms with van der Waals surface area (Å²) in [5.74, 6) is 1.43. The molecule has 0 aromatic heterocycles. The normalized spacial score (nSPS) is 27.2. The molecule has 1 aliphatic rings. The van der Waals surface area contributed by atoms with Gasteiger partial charge < -0.3 is 14.8 Å². The summed E-state index contributed by atoms with van der Waals surface area (Å²) in [4.78, 5) is 0. The Labute approximate surface area is 93.5 Å². The van der Waals surface area contributed by atoms with Crippen molar-refractivity contribution >= 4 is 0 Å². The van der Waals surface area contributed by atoms with Gasteiger partial charge in [0.1, 0.15) is 0 Å². The van der Waals surface area contributed by atoms with Gasteiger partial charge in [0.25, 0.3) is 0 Å². The number of ether oxygens (including phenoxy) is 2. The van der Waals surface area contributed by atoms with Gasteiger partial charge >= 0.3 is 0 Å². The predicted molar refractivity (Wildman–Crippen MR) is 62.0 cm³/mol. The summed E-state index contributed by atoms with van der Waals surface area (Å²) in [6.45, 7) is 8.28. The average molecular weight is 215 g/mol. The fourth-order valence-electron chi connectivity index (χ4n) is 2.03. The molecule has 0 spiro atoms. The molecule has 0 saturated carbocycles. The maximum absolute atomic E-state index is 5.74. The molecule has 15 heavy (non-hydrogen) atoms. The largest absolute Gasteiger partial charge is 0.383 e. The van der Waals surface area contributed by atoms with Gasteiger partial charge in [-0.2, -0.15) is 0 Å². The number of hydrogen-bond acceptors (Lipinski definition) is 3. The Hall–Kier alpha value is -0.120. The summed E-state index contributed by atoms with van der Waals surface area (Å²) in [5.41, 5.74) is 0. The third-order valence-corrected chi connectivity index (χ3v) is 3.08. The first-order valence-corrected chi connectivity index (χ1v) is 6.05. The highest BCUT2D eigenvalue weighted by molar-refractivity contribution is 4.75. The first-order valence-electron chi connectivity index (χ1n) is 6.05. The van der Waals surface area contributed by atoms with Crippen molar-refractivity contribution in [3.63, 3.8) is 0 Å². The zero-order valence-corrected chi connectivity index (χ0v) is 10.3. The molecule has 2 unspecified atom stereocenters.